The minimum absolute atomic E-state index is 0.0772. The molecule has 0 spiro atoms. The monoisotopic (exact) mass is 400 g/mol. The third-order valence-electron chi connectivity index (χ3n) is 5.52. The molecule has 0 bridgehead atoms. The number of hydrogen-bond donors (Lipinski definition) is 4. The summed E-state index contributed by atoms with van der Waals surface area (Å²) in [5.74, 6) is -0.0772. The molecular weight excluding hydrogens is 376 g/mol. The van der Waals surface area contributed by atoms with Crippen LogP contribution in [0.2, 0.25) is 0 Å². The highest BCUT2D eigenvalue weighted by Gasteiger charge is 2.23. The van der Waals surface area contributed by atoms with E-state index >= 15 is 0 Å². The van der Waals surface area contributed by atoms with Crippen LogP contribution in [0.3, 0.4) is 0 Å². The fourth-order valence-electron chi connectivity index (χ4n) is 4.05. The summed E-state index contributed by atoms with van der Waals surface area (Å²) >= 11 is 0. The molecule has 0 aliphatic carbocycles. The molecule has 152 valence electrons. The number of anilines is 4. The van der Waals surface area contributed by atoms with Crippen molar-refractivity contribution in [3.05, 3.63) is 47.5 Å². The lowest BCUT2D eigenvalue weighted by Gasteiger charge is -2.15. The van der Waals surface area contributed by atoms with E-state index in [1.54, 1.807) is 12.1 Å². The topological polar surface area (TPSA) is 113 Å². The summed E-state index contributed by atoms with van der Waals surface area (Å²) in [7, 11) is 0. The fraction of sp³-hybridized carbons (Fsp3) is 0.348. The second-order valence-electron chi connectivity index (χ2n) is 8.06. The lowest BCUT2D eigenvalue weighted by Crippen LogP contribution is -2.22. The maximum absolute atomic E-state index is 13.2. The fourth-order valence-corrected chi connectivity index (χ4v) is 4.05. The molecule has 0 amide bonds. The zero-order valence-corrected chi connectivity index (χ0v) is 17.0. The molecule has 4 atom stereocenters. The Kier molecular flexibility index (Phi) is 5.20. The molecule has 2 aromatic rings. The first-order chi connectivity index (χ1) is 14.5. The highest BCUT2D eigenvalue weighted by atomic mass is 16.1. The minimum atomic E-state index is -0.266. The smallest absolute Gasteiger partial charge is 0.193 e. The molecule has 4 unspecified atom stereocenters. The lowest BCUT2D eigenvalue weighted by molar-refractivity contribution is 0.103. The zero-order chi connectivity index (χ0) is 21.3. The van der Waals surface area contributed by atoms with E-state index in [0.717, 1.165) is 22.7 Å². The highest BCUT2D eigenvalue weighted by molar-refractivity contribution is 6.10. The quantitative estimate of drug-likeness (QED) is 0.565. The Balaban J connectivity index is 1.63. The Hall–Kier alpha value is -3.71. The molecule has 0 fully saturated rings. The molecule has 4 rings (SSSR count). The predicted molar refractivity (Wildman–Crippen MR) is 118 cm³/mol. The Bertz CT molecular complexity index is 983. The van der Waals surface area contributed by atoms with Gasteiger partial charge in [0, 0.05) is 36.1 Å². The second kappa shape index (κ2) is 7.96. The van der Waals surface area contributed by atoms with Crippen LogP contribution < -0.4 is 21.3 Å². The number of nitriles is 2. The largest absolute Gasteiger partial charge is 0.381 e. The average Bonchev–Trinajstić information content (AvgIpc) is 3.00. The van der Waals surface area contributed by atoms with E-state index in [-0.39, 0.29) is 30.0 Å². The molecule has 0 saturated heterocycles. The van der Waals surface area contributed by atoms with Crippen molar-refractivity contribution in [2.24, 2.45) is 0 Å². The van der Waals surface area contributed by atoms with Crippen LogP contribution >= 0.6 is 0 Å². The van der Waals surface area contributed by atoms with E-state index in [2.05, 4.69) is 33.4 Å². The van der Waals surface area contributed by atoms with Crippen LogP contribution in [0.25, 0.3) is 0 Å². The number of ketones is 1. The van der Waals surface area contributed by atoms with Gasteiger partial charge < -0.3 is 21.3 Å². The van der Waals surface area contributed by atoms with Gasteiger partial charge in [-0.25, -0.2) is 0 Å². The highest BCUT2D eigenvalue weighted by Crippen LogP contribution is 2.32. The maximum Gasteiger partial charge on any atom is 0.193 e. The van der Waals surface area contributed by atoms with Crippen LogP contribution in [-0.2, 0) is 0 Å². The first-order valence-corrected chi connectivity index (χ1v) is 10.1. The van der Waals surface area contributed by atoms with Gasteiger partial charge in [-0.2, -0.15) is 10.5 Å². The Morgan fingerprint density at radius 1 is 0.767 bits per heavy atom. The summed E-state index contributed by atoms with van der Waals surface area (Å²) in [6.45, 7) is 4.05. The van der Waals surface area contributed by atoms with Gasteiger partial charge in [-0.1, -0.05) is 0 Å². The minimum Gasteiger partial charge on any atom is -0.381 e. The van der Waals surface area contributed by atoms with Crippen LogP contribution in [0.4, 0.5) is 22.7 Å². The number of rotatable bonds is 2. The molecule has 0 saturated carbocycles. The molecule has 0 radical (unpaired) electrons. The van der Waals surface area contributed by atoms with Gasteiger partial charge in [0.2, 0.25) is 0 Å². The van der Waals surface area contributed by atoms with Crippen LogP contribution in [0, 0.1) is 22.7 Å². The zero-order valence-electron chi connectivity index (χ0n) is 17.0. The van der Waals surface area contributed by atoms with Crippen molar-refractivity contribution in [3.8, 4) is 12.1 Å². The number of nitrogens with one attached hydrogen (secondary N) is 4. The molecule has 7 heteroatoms. The summed E-state index contributed by atoms with van der Waals surface area (Å²) < 4.78 is 0. The van der Waals surface area contributed by atoms with Gasteiger partial charge in [0.1, 0.15) is 12.1 Å². The molecule has 7 nitrogen and oxygen atoms in total. The number of nitrogens with zero attached hydrogens (tertiary/aromatic N) is 2. The first-order valence-electron chi connectivity index (χ1n) is 10.1. The van der Waals surface area contributed by atoms with Gasteiger partial charge in [-0.05, 0) is 50.2 Å². The average molecular weight is 400 g/mol. The predicted octanol–water partition coefficient (Wildman–Crippen LogP) is 3.93. The molecule has 2 aliphatic heterocycles. The third kappa shape index (κ3) is 3.88. The van der Waals surface area contributed by atoms with E-state index < -0.39 is 0 Å². The summed E-state index contributed by atoms with van der Waals surface area (Å²) in [5.41, 5.74) is 4.46. The van der Waals surface area contributed by atoms with Crippen molar-refractivity contribution in [2.45, 2.75) is 50.9 Å². The first kappa shape index (κ1) is 19.6. The number of carbonyl (C=O) groups is 1. The molecule has 2 heterocycles. The molecule has 4 N–H and O–H groups in total. The molecule has 0 aromatic heterocycles. The van der Waals surface area contributed by atoms with Crippen LogP contribution in [0.1, 0.15) is 42.6 Å². The second-order valence-corrected chi connectivity index (χ2v) is 8.06. The summed E-state index contributed by atoms with van der Waals surface area (Å²) in [6, 6.07) is 15.2. The lowest BCUT2D eigenvalue weighted by atomic mass is 10.0. The van der Waals surface area contributed by atoms with Crippen molar-refractivity contribution in [3.63, 3.8) is 0 Å². The Labute approximate surface area is 176 Å². The number of fused-ring (bicyclic) bond motifs is 2. The van der Waals surface area contributed by atoms with Crippen LogP contribution in [-0.4, -0.2) is 30.0 Å². The van der Waals surface area contributed by atoms with Crippen molar-refractivity contribution < 1.29 is 4.79 Å². The van der Waals surface area contributed by atoms with Crippen molar-refractivity contribution in [1.82, 2.24) is 0 Å². The number of benzene rings is 2. The van der Waals surface area contributed by atoms with E-state index in [1.165, 1.54) is 0 Å². The molecule has 2 aromatic carbocycles. The van der Waals surface area contributed by atoms with Crippen LogP contribution in [0.15, 0.2) is 36.4 Å². The molecule has 2 aliphatic rings. The van der Waals surface area contributed by atoms with Crippen molar-refractivity contribution in [1.29, 1.82) is 10.5 Å². The molecule has 30 heavy (non-hydrogen) atoms. The third-order valence-corrected chi connectivity index (χ3v) is 5.52. The normalized spacial score (nSPS) is 24.5. The van der Waals surface area contributed by atoms with E-state index in [4.69, 9.17) is 0 Å². The maximum atomic E-state index is 13.2. The summed E-state index contributed by atoms with van der Waals surface area (Å²) in [4.78, 5) is 13.2. The van der Waals surface area contributed by atoms with Gasteiger partial charge in [0.05, 0.1) is 34.9 Å². The van der Waals surface area contributed by atoms with Gasteiger partial charge in [-0.3, -0.25) is 4.79 Å². The number of hydrogen-bond acceptors (Lipinski definition) is 7. The number of carbonyl (C=O) groups excluding carboxylic acids is 1. The SMILES string of the molecule is CC1CC(C#N)Nc2ccc(C(=O)c3ccc4c(c3)NC(C)CC(C#N)N4)cc2N1. The van der Waals surface area contributed by atoms with Crippen molar-refractivity contribution >= 4 is 28.5 Å². The summed E-state index contributed by atoms with van der Waals surface area (Å²) in [5, 5.41) is 31.8. The Morgan fingerprint density at radius 3 is 1.60 bits per heavy atom. The van der Waals surface area contributed by atoms with E-state index in [9.17, 15) is 15.3 Å². The summed E-state index contributed by atoms with van der Waals surface area (Å²) in [6.07, 6.45) is 1.36. The van der Waals surface area contributed by atoms with Gasteiger partial charge in [0.15, 0.2) is 5.78 Å². The Morgan fingerprint density at radius 2 is 1.20 bits per heavy atom. The van der Waals surface area contributed by atoms with Gasteiger partial charge in [-0.15, -0.1) is 0 Å². The van der Waals surface area contributed by atoms with Crippen molar-refractivity contribution in [2.75, 3.05) is 21.3 Å². The van der Waals surface area contributed by atoms with E-state index in [1.807, 2.05) is 38.1 Å². The standard InChI is InChI=1S/C23H24N6O/c1-13-7-17(11-24)28-19-5-3-15(9-21(19)26-13)23(30)16-4-6-20-22(10-16)27-14(2)8-18(12-25)29-20/h3-6,9-10,13-14,17-18,26-29H,7-8H2,1-2H3. The van der Waals surface area contributed by atoms with Gasteiger partial charge >= 0.3 is 0 Å². The van der Waals surface area contributed by atoms with E-state index in [0.29, 0.717) is 24.0 Å². The van der Waals surface area contributed by atoms with Crippen LogP contribution in [0.5, 0.6) is 0 Å². The van der Waals surface area contributed by atoms with Gasteiger partial charge in [0.25, 0.3) is 0 Å². The molecular formula is C23H24N6O.